The first kappa shape index (κ1) is 22.4. The number of hydrogen-bond acceptors (Lipinski definition) is 6. The van der Waals surface area contributed by atoms with Gasteiger partial charge < -0.3 is 14.4 Å². The van der Waals surface area contributed by atoms with Crippen molar-refractivity contribution in [3.8, 4) is 0 Å². The fourth-order valence-corrected chi connectivity index (χ4v) is 4.31. The molecule has 160 valence electrons. The molecule has 1 aliphatic heterocycles. The molecule has 0 bridgehead atoms. The maximum absolute atomic E-state index is 13.5. The van der Waals surface area contributed by atoms with Crippen LogP contribution >= 0.6 is 27.3 Å². The molecule has 1 fully saturated rings. The van der Waals surface area contributed by atoms with Crippen LogP contribution < -0.4 is 14.8 Å². The number of rotatable bonds is 5. The third-order valence-electron chi connectivity index (χ3n) is 4.36. The number of hydrogen-bond donors (Lipinski definition) is 0. The molecule has 1 aliphatic rings. The van der Waals surface area contributed by atoms with Crippen molar-refractivity contribution in [2.45, 2.75) is 13.5 Å². The number of amides is 1. The predicted octanol–water partition coefficient (Wildman–Crippen LogP) is 0.843. The van der Waals surface area contributed by atoms with Crippen LogP contribution in [0.5, 0.6) is 0 Å². The van der Waals surface area contributed by atoms with E-state index in [-0.39, 0.29) is 23.5 Å². The molecule has 0 saturated carbocycles. The van der Waals surface area contributed by atoms with Gasteiger partial charge in [0.15, 0.2) is 0 Å². The maximum atomic E-state index is 13.5. The molecule has 2 heterocycles. The quantitative estimate of drug-likeness (QED) is 0.571. The predicted molar refractivity (Wildman–Crippen MR) is 114 cm³/mol. The molecule has 0 radical (unpaired) electrons. The van der Waals surface area contributed by atoms with E-state index in [1.54, 1.807) is 24.0 Å². The molecule has 0 N–H and O–H groups in total. The number of thiazole rings is 1. The van der Waals surface area contributed by atoms with Crippen molar-refractivity contribution < 1.29 is 23.5 Å². The van der Waals surface area contributed by atoms with E-state index in [4.69, 9.17) is 9.47 Å². The van der Waals surface area contributed by atoms with E-state index in [0.717, 1.165) is 11.3 Å². The third kappa shape index (κ3) is 5.44. The summed E-state index contributed by atoms with van der Waals surface area (Å²) < 4.78 is 25.9. The summed E-state index contributed by atoms with van der Waals surface area (Å²) in [6, 6.07) is 4.37. The van der Waals surface area contributed by atoms with Crippen molar-refractivity contribution in [3.63, 3.8) is 0 Å². The molecule has 10 heteroatoms. The van der Waals surface area contributed by atoms with Crippen LogP contribution in [-0.4, -0.2) is 54.3 Å². The topological polar surface area (TPSA) is 77.8 Å². The van der Waals surface area contributed by atoms with Gasteiger partial charge >= 0.3 is 5.97 Å². The highest BCUT2D eigenvalue weighted by molar-refractivity contribution is 9.10. The van der Waals surface area contributed by atoms with Crippen LogP contribution in [0.3, 0.4) is 0 Å². The van der Waals surface area contributed by atoms with Crippen molar-refractivity contribution >= 4 is 51.3 Å². The molecule has 1 aromatic carbocycles. The van der Waals surface area contributed by atoms with Crippen molar-refractivity contribution in [2.24, 2.45) is 0 Å². The fraction of sp³-hybridized carbons (Fsp3) is 0.350. The molecule has 3 rings (SSSR count). The van der Waals surface area contributed by atoms with Crippen LogP contribution in [0.25, 0.3) is 12.2 Å². The van der Waals surface area contributed by atoms with Crippen LogP contribution in [0.1, 0.15) is 12.5 Å². The van der Waals surface area contributed by atoms with Crippen molar-refractivity contribution in [3.05, 3.63) is 53.6 Å². The summed E-state index contributed by atoms with van der Waals surface area (Å²) in [5.41, 5.74) is 0.202. The zero-order valence-electron chi connectivity index (χ0n) is 16.2. The number of aromatic nitrogens is 1. The van der Waals surface area contributed by atoms with Gasteiger partial charge in [0, 0.05) is 13.1 Å². The number of benzene rings is 1. The normalized spacial score (nSPS) is 15.5. The van der Waals surface area contributed by atoms with Crippen LogP contribution in [0.2, 0.25) is 0 Å². The van der Waals surface area contributed by atoms with E-state index < -0.39 is 17.3 Å². The van der Waals surface area contributed by atoms with Gasteiger partial charge in [0.05, 0.1) is 34.9 Å². The van der Waals surface area contributed by atoms with Crippen molar-refractivity contribution in [2.75, 3.05) is 32.9 Å². The van der Waals surface area contributed by atoms with E-state index in [1.807, 2.05) is 0 Å². The molecule has 0 aliphatic carbocycles. The summed E-state index contributed by atoms with van der Waals surface area (Å²) in [5.74, 6) is -1.24. The number of carbonyl (C=O) groups is 2. The smallest absolute Gasteiger partial charge is 0.333 e. The zero-order chi connectivity index (χ0) is 21.7. The van der Waals surface area contributed by atoms with Crippen molar-refractivity contribution in [1.29, 1.82) is 0 Å². The summed E-state index contributed by atoms with van der Waals surface area (Å²) >= 11 is 4.19. The summed E-state index contributed by atoms with van der Waals surface area (Å²) in [6.07, 6.45) is 2.80. The second-order valence-electron chi connectivity index (χ2n) is 6.40. The Kier molecular flexibility index (Phi) is 7.57. The van der Waals surface area contributed by atoms with Crippen LogP contribution in [-0.2, 0) is 25.6 Å². The lowest BCUT2D eigenvalue weighted by molar-refractivity contribution is -0.136. The molecule has 1 amide bonds. The lowest BCUT2D eigenvalue weighted by Gasteiger charge is -2.26. The van der Waals surface area contributed by atoms with Gasteiger partial charge in [-0.2, -0.15) is 0 Å². The van der Waals surface area contributed by atoms with E-state index in [0.29, 0.717) is 41.1 Å². The summed E-state index contributed by atoms with van der Waals surface area (Å²) in [4.78, 5) is 39.2. The highest BCUT2D eigenvalue weighted by atomic mass is 79.9. The number of halogens is 2. The zero-order valence-corrected chi connectivity index (χ0v) is 18.6. The van der Waals surface area contributed by atoms with Gasteiger partial charge in [-0.05, 0) is 46.6 Å². The highest BCUT2D eigenvalue weighted by Crippen LogP contribution is 2.17. The molecule has 30 heavy (non-hydrogen) atoms. The molecular weight excluding hydrogens is 479 g/mol. The highest BCUT2D eigenvalue weighted by Gasteiger charge is 2.19. The van der Waals surface area contributed by atoms with Gasteiger partial charge in [0.1, 0.15) is 17.0 Å². The van der Waals surface area contributed by atoms with Gasteiger partial charge in [-0.3, -0.25) is 14.2 Å². The average molecular weight is 499 g/mol. The molecule has 1 saturated heterocycles. The molecule has 1 aromatic heterocycles. The van der Waals surface area contributed by atoms with E-state index in [2.05, 4.69) is 15.9 Å². The molecule has 0 atom stereocenters. The van der Waals surface area contributed by atoms with Crippen molar-refractivity contribution in [1.82, 2.24) is 9.47 Å². The Bertz CT molecular complexity index is 1120. The Hall–Kier alpha value is -2.30. The summed E-state index contributed by atoms with van der Waals surface area (Å²) in [7, 11) is 0. The Balaban J connectivity index is 2.03. The average Bonchev–Trinajstić information content (AvgIpc) is 3.00. The lowest BCUT2D eigenvalue weighted by atomic mass is 10.2. The largest absolute Gasteiger partial charge is 0.463 e. The summed E-state index contributed by atoms with van der Waals surface area (Å²) in [6.45, 7) is 3.49. The molecule has 0 spiro atoms. The van der Waals surface area contributed by atoms with Gasteiger partial charge in [0.25, 0.3) is 5.56 Å². The third-order valence-corrected chi connectivity index (χ3v) is 6.03. The van der Waals surface area contributed by atoms with Gasteiger partial charge in [-0.1, -0.05) is 6.07 Å². The lowest BCUT2D eigenvalue weighted by Crippen LogP contribution is -2.45. The minimum atomic E-state index is -0.595. The monoisotopic (exact) mass is 498 g/mol. The first-order valence-electron chi connectivity index (χ1n) is 9.29. The minimum Gasteiger partial charge on any atom is -0.463 e. The van der Waals surface area contributed by atoms with Gasteiger partial charge in [-0.15, -0.1) is 11.3 Å². The first-order valence-corrected chi connectivity index (χ1v) is 10.9. The Morgan fingerprint density at radius 1 is 1.33 bits per heavy atom. The molecule has 7 nitrogen and oxygen atoms in total. The number of carbonyl (C=O) groups excluding carboxylic acids is 2. The van der Waals surface area contributed by atoms with E-state index in [9.17, 15) is 18.8 Å². The summed E-state index contributed by atoms with van der Waals surface area (Å²) in [5, 5.41) is 0. The first-order chi connectivity index (χ1) is 14.4. The SMILES string of the molecule is CCOC(=O)/C=c1\s/c(=C\c2ccc(F)c(Br)c2)c(=O)n1CC(=O)N1CCOCC1. The second-order valence-corrected chi connectivity index (χ2v) is 8.32. The van der Waals surface area contributed by atoms with Gasteiger partial charge in [-0.25, -0.2) is 9.18 Å². The number of ether oxygens (including phenoxy) is 2. The van der Waals surface area contributed by atoms with E-state index in [1.165, 1.54) is 22.8 Å². The number of esters is 1. The fourth-order valence-electron chi connectivity index (χ4n) is 2.88. The van der Waals surface area contributed by atoms with Crippen LogP contribution in [0.4, 0.5) is 4.39 Å². The van der Waals surface area contributed by atoms with E-state index >= 15 is 0 Å². The van der Waals surface area contributed by atoms with Crippen LogP contribution in [0.15, 0.2) is 27.5 Å². The molecule has 2 aromatic rings. The molecule has 0 unspecified atom stereocenters. The number of nitrogens with zero attached hydrogens (tertiary/aromatic N) is 2. The number of morpholine rings is 1. The Labute approximate surface area is 184 Å². The standard InChI is InChI=1S/C20H20BrFN2O5S/c1-2-29-19(26)11-18-24(12-17(25)23-5-7-28-8-6-23)20(27)16(30-18)10-13-3-4-15(22)14(21)9-13/h3-4,9-11H,2,5-8,12H2,1H3/b16-10-,18-11-. The second kappa shape index (κ2) is 10.1. The minimum absolute atomic E-state index is 0.193. The molecular formula is C20H20BrFN2O5S. The van der Waals surface area contributed by atoms with Gasteiger partial charge in [0.2, 0.25) is 5.91 Å². The maximum Gasteiger partial charge on any atom is 0.333 e. The van der Waals surface area contributed by atoms with Crippen LogP contribution in [0, 0.1) is 5.82 Å². The Morgan fingerprint density at radius 2 is 2.07 bits per heavy atom. The Morgan fingerprint density at radius 3 is 2.73 bits per heavy atom.